The second-order valence-electron chi connectivity index (χ2n) is 9.20. The third kappa shape index (κ3) is 4.26. The van der Waals surface area contributed by atoms with Crippen LogP contribution < -0.4 is 5.56 Å². The molecule has 0 aliphatic heterocycles. The van der Waals surface area contributed by atoms with Gasteiger partial charge >= 0.3 is 5.97 Å². The number of aryl methyl sites for hydroxylation is 1. The van der Waals surface area contributed by atoms with Crippen LogP contribution in [-0.2, 0) is 29.0 Å². The average molecular weight is 460 g/mol. The Labute approximate surface area is 190 Å². The van der Waals surface area contributed by atoms with Crippen molar-refractivity contribution >= 4 is 39.1 Å². The molecule has 0 unspecified atom stereocenters. The maximum atomic E-state index is 13.3. The van der Waals surface area contributed by atoms with Gasteiger partial charge in [0, 0.05) is 15.5 Å². The first-order valence-electron chi connectivity index (χ1n) is 10.5. The first kappa shape index (κ1) is 22.0. The van der Waals surface area contributed by atoms with E-state index in [-0.39, 0.29) is 17.6 Å². The Hall–Kier alpha value is -2.25. The lowest BCUT2D eigenvalue weighted by Gasteiger charge is -2.33. The van der Waals surface area contributed by atoms with Crippen molar-refractivity contribution in [3.05, 3.63) is 55.6 Å². The van der Waals surface area contributed by atoms with Gasteiger partial charge in [-0.2, -0.15) is 4.68 Å². The van der Waals surface area contributed by atoms with E-state index >= 15 is 0 Å². The largest absolute Gasteiger partial charge is 0.459 e. The van der Waals surface area contributed by atoms with Crippen LogP contribution in [0.25, 0.3) is 10.2 Å². The fourth-order valence-corrected chi connectivity index (χ4v) is 5.51. The van der Waals surface area contributed by atoms with E-state index < -0.39 is 12.0 Å². The monoisotopic (exact) mass is 459 g/mol. The summed E-state index contributed by atoms with van der Waals surface area (Å²) in [7, 11) is 0. The minimum Gasteiger partial charge on any atom is -0.459 e. The fraction of sp³-hybridized carbons (Fsp3) is 0.478. The molecule has 0 amide bonds. The number of ether oxygens (including phenoxy) is 1. The summed E-state index contributed by atoms with van der Waals surface area (Å²) in [6.45, 7) is 8.43. The number of nitrogens with zero attached hydrogens (tertiary/aromatic N) is 3. The highest BCUT2D eigenvalue weighted by atomic mass is 35.5. The lowest BCUT2D eigenvalue weighted by atomic mass is 9.72. The van der Waals surface area contributed by atoms with Gasteiger partial charge in [-0.25, -0.2) is 4.79 Å². The number of benzene rings is 1. The van der Waals surface area contributed by atoms with Crippen molar-refractivity contribution in [2.45, 2.75) is 59.6 Å². The molecule has 0 fully saturated rings. The summed E-state index contributed by atoms with van der Waals surface area (Å²) in [6, 6.07) is 6.29. The summed E-state index contributed by atoms with van der Waals surface area (Å²) >= 11 is 7.67. The number of fused-ring (bicyclic) bond motifs is 3. The van der Waals surface area contributed by atoms with E-state index in [4.69, 9.17) is 16.3 Å². The van der Waals surface area contributed by atoms with Crippen LogP contribution in [0.4, 0.5) is 0 Å². The number of halogens is 1. The van der Waals surface area contributed by atoms with Crippen molar-refractivity contribution in [1.29, 1.82) is 0 Å². The second-order valence-corrected chi connectivity index (χ2v) is 10.7. The zero-order valence-corrected chi connectivity index (χ0v) is 19.7. The number of aromatic nitrogens is 3. The van der Waals surface area contributed by atoms with E-state index in [1.807, 2.05) is 12.1 Å². The van der Waals surface area contributed by atoms with Gasteiger partial charge < -0.3 is 4.74 Å². The summed E-state index contributed by atoms with van der Waals surface area (Å²) < 4.78 is 6.53. The van der Waals surface area contributed by atoms with Gasteiger partial charge in [0.1, 0.15) is 6.61 Å². The molecule has 164 valence electrons. The van der Waals surface area contributed by atoms with Crippen molar-refractivity contribution in [2.24, 2.45) is 11.3 Å². The maximum absolute atomic E-state index is 13.3. The third-order valence-electron chi connectivity index (χ3n) is 6.16. The van der Waals surface area contributed by atoms with Crippen LogP contribution in [0, 0.1) is 11.3 Å². The van der Waals surface area contributed by atoms with Gasteiger partial charge in [0.15, 0.2) is 10.9 Å². The molecule has 1 aliphatic carbocycles. The Kier molecular flexibility index (Phi) is 5.92. The zero-order valence-electron chi connectivity index (χ0n) is 18.1. The van der Waals surface area contributed by atoms with Gasteiger partial charge in [0.25, 0.3) is 5.56 Å². The molecule has 0 N–H and O–H groups in total. The third-order valence-corrected chi connectivity index (χ3v) is 7.67. The molecule has 2 heterocycles. The standard InChI is InChI=1S/C23H26ClN3O3S/c1-13(22(29)30-12-14-7-5-6-8-17(14)24)27-21(28)19-16-10-9-15(23(2,3)4)11-18(16)31-20(19)25-26-27/h5-8,13,15H,9-12H2,1-4H3/t13-,15+/m0/s1. The lowest BCUT2D eigenvalue weighted by molar-refractivity contribution is -0.148. The highest BCUT2D eigenvalue weighted by Crippen LogP contribution is 2.41. The molecule has 2 atom stereocenters. The van der Waals surface area contributed by atoms with Crippen LogP contribution in [0.2, 0.25) is 5.02 Å². The van der Waals surface area contributed by atoms with E-state index in [2.05, 4.69) is 31.1 Å². The first-order valence-corrected chi connectivity index (χ1v) is 11.7. The Morgan fingerprint density at radius 3 is 2.81 bits per heavy atom. The molecule has 0 spiro atoms. The van der Waals surface area contributed by atoms with E-state index in [0.29, 0.717) is 26.7 Å². The summed E-state index contributed by atoms with van der Waals surface area (Å²) in [4.78, 5) is 27.7. The smallest absolute Gasteiger partial charge is 0.331 e. The van der Waals surface area contributed by atoms with Crippen LogP contribution in [0.15, 0.2) is 29.1 Å². The van der Waals surface area contributed by atoms with Crippen molar-refractivity contribution in [3.8, 4) is 0 Å². The zero-order chi connectivity index (χ0) is 22.3. The summed E-state index contributed by atoms with van der Waals surface area (Å²) in [5.41, 5.74) is 1.73. The van der Waals surface area contributed by atoms with E-state index in [1.54, 1.807) is 30.4 Å². The van der Waals surface area contributed by atoms with Gasteiger partial charge in [-0.1, -0.05) is 55.8 Å². The summed E-state index contributed by atoms with van der Waals surface area (Å²) in [5, 5.41) is 9.45. The van der Waals surface area contributed by atoms with Gasteiger partial charge in [0.2, 0.25) is 0 Å². The van der Waals surface area contributed by atoms with Crippen molar-refractivity contribution in [1.82, 2.24) is 15.0 Å². The number of hydrogen-bond acceptors (Lipinski definition) is 6. The molecule has 6 nitrogen and oxygen atoms in total. The molecule has 4 rings (SSSR count). The number of hydrogen-bond donors (Lipinski definition) is 0. The van der Waals surface area contributed by atoms with Crippen LogP contribution in [0.5, 0.6) is 0 Å². The number of carbonyl (C=O) groups excluding carboxylic acids is 1. The van der Waals surface area contributed by atoms with Crippen molar-refractivity contribution in [2.75, 3.05) is 0 Å². The maximum Gasteiger partial charge on any atom is 0.331 e. The molecule has 2 aromatic heterocycles. The second kappa shape index (κ2) is 8.36. The first-order chi connectivity index (χ1) is 14.7. The Morgan fingerprint density at radius 1 is 1.35 bits per heavy atom. The van der Waals surface area contributed by atoms with Gasteiger partial charge in [-0.15, -0.1) is 16.4 Å². The molecule has 1 aliphatic rings. The molecule has 0 saturated heterocycles. The lowest BCUT2D eigenvalue weighted by Crippen LogP contribution is -2.32. The SMILES string of the molecule is C[C@@H](C(=O)OCc1ccccc1Cl)n1nnc2sc3c(c2c1=O)CC[C@@H](C(C)(C)C)C3. The number of esters is 1. The molecule has 8 heteroatoms. The minimum atomic E-state index is -0.881. The van der Waals surface area contributed by atoms with Crippen LogP contribution in [-0.4, -0.2) is 21.0 Å². The Balaban J connectivity index is 1.59. The predicted octanol–water partition coefficient (Wildman–Crippen LogP) is 4.96. The van der Waals surface area contributed by atoms with Crippen LogP contribution in [0.1, 0.15) is 56.2 Å². The highest BCUT2D eigenvalue weighted by molar-refractivity contribution is 7.18. The summed E-state index contributed by atoms with van der Waals surface area (Å²) in [5.74, 6) is 0.0227. The van der Waals surface area contributed by atoms with E-state index in [0.717, 1.165) is 29.5 Å². The molecular weight excluding hydrogens is 434 g/mol. The average Bonchev–Trinajstić information content (AvgIpc) is 3.10. The fourth-order valence-electron chi connectivity index (χ4n) is 4.08. The van der Waals surface area contributed by atoms with Gasteiger partial charge in [-0.05, 0) is 49.1 Å². The van der Waals surface area contributed by atoms with E-state index in [9.17, 15) is 9.59 Å². The Morgan fingerprint density at radius 2 is 2.10 bits per heavy atom. The quantitative estimate of drug-likeness (QED) is 0.515. The summed E-state index contributed by atoms with van der Waals surface area (Å²) in [6.07, 6.45) is 2.85. The molecule has 1 aromatic carbocycles. The van der Waals surface area contributed by atoms with Gasteiger partial charge in [0.05, 0.1) is 5.39 Å². The molecule has 0 bridgehead atoms. The highest BCUT2D eigenvalue weighted by Gasteiger charge is 2.32. The molecular formula is C23H26ClN3O3S. The molecule has 3 aromatic rings. The molecule has 0 saturated carbocycles. The van der Waals surface area contributed by atoms with Gasteiger partial charge in [-0.3, -0.25) is 4.79 Å². The molecule has 0 radical (unpaired) electrons. The number of carbonyl (C=O) groups is 1. The number of rotatable bonds is 4. The minimum absolute atomic E-state index is 0.0370. The predicted molar refractivity (Wildman–Crippen MR) is 123 cm³/mol. The topological polar surface area (TPSA) is 74.1 Å². The van der Waals surface area contributed by atoms with Crippen LogP contribution >= 0.6 is 22.9 Å². The number of thiophene rings is 1. The van der Waals surface area contributed by atoms with E-state index in [1.165, 1.54) is 4.88 Å². The van der Waals surface area contributed by atoms with Crippen molar-refractivity contribution < 1.29 is 9.53 Å². The molecule has 31 heavy (non-hydrogen) atoms. The van der Waals surface area contributed by atoms with Crippen molar-refractivity contribution in [3.63, 3.8) is 0 Å². The van der Waals surface area contributed by atoms with Crippen LogP contribution in [0.3, 0.4) is 0 Å². The Bertz CT molecular complexity index is 1190. The normalized spacial score (nSPS) is 17.4.